The van der Waals surface area contributed by atoms with Crippen LogP contribution in [0.1, 0.15) is 30.4 Å². The van der Waals surface area contributed by atoms with E-state index < -0.39 is 17.3 Å². The number of carbonyl (C=O) groups is 2. The molecule has 20 heavy (non-hydrogen) atoms. The number of Topliss-reactive ketones (excluding diaryl/α,β-unsaturated/α-hetero) is 1. The molecule has 0 radical (unpaired) electrons. The van der Waals surface area contributed by atoms with E-state index in [1.807, 2.05) is 31.2 Å². The van der Waals surface area contributed by atoms with Gasteiger partial charge in [0.1, 0.15) is 11.7 Å². The Labute approximate surface area is 118 Å². The van der Waals surface area contributed by atoms with Crippen LogP contribution >= 0.6 is 0 Å². The molecular formula is C16H17NO3. The molecule has 0 aromatic heterocycles. The van der Waals surface area contributed by atoms with Crippen LogP contribution in [0.15, 0.2) is 24.3 Å². The Bertz CT molecular complexity index is 580. The van der Waals surface area contributed by atoms with Gasteiger partial charge in [-0.2, -0.15) is 5.26 Å². The molecule has 104 valence electrons. The minimum atomic E-state index is -0.825. The average Bonchev–Trinajstić information content (AvgIpc) is 2.47. The summed E-state index contributed by atoms with van der Waals surface area (Å²) in [5, 5.41) is 9.63. The number of ketones is 1. The summed E-state index contributed by atoms with van der Waals surface area (Å²) < 4.78 is 4.69. The summed E-state index contributed by atoms with van der Waals surface area (Å²) in [5.74, 6) is -1.49. The lowest BCUT2D eigenvalue weighted by Crippen LogP contribution is -2.40. The van der Waals surface area contributed by atoms with Crippen molar-refractivity contribution in [3.05, 3.63) is 35.4 Å². The van der Waals surface area contributed by atoms with Crippen LogP contribution in [0.5, 0.6) is 0 Å². The number of nitriles is 1. The van der Waals surface area contributed by atoms with Gasteiger partial charge >= 0.3 is 5.97 Å². The van der Waals surface area contributed by atoms with E-state index in [1.54, 1.807) is 0 Å². The van der Waals surface area contributed by atoms with Crippen LogP contribution in [0.3, 0.4) is 0 Å². The lowest BCUT2D eigenvalue weighted by atomic mass is 9.66. The maximum Gasteiger partial charge on any atom is 0.316 e. The van der Waals surface area contributed by atoms with Gasteiger partial charge in [-0.25, -0.2) is 0 Å². The molecule has 2 atom stereocenters. The van der Waals surface area contributed by atoms with Crippen molar-refractivity contribution >= 4 is 11.8 Å². The van der Waals surface area contributed by atoms with Crippen LogP contribution in [0.2, 0.25) is 0 Å². The van der Waals surface area contributed by atoms with Crippen LogP contribution in [0, 0.1) is 24.2 Å². The fraction of sp³-hybridized carbons (Fsp3) is 0.438. The number of aryl methyl sites for hydroxylation is 1. The lowest BCUT2D eigenvalue weighted by Gasteiger charge is -2.34. The van der Waals surface area contributed by atoms with Gasteiger partial charge in [0.05, 0.1) is 18.6 Å². The molecule has 0 N–H and O–H groups in total. The van der Waals surface area contributed by atoms with Gasteiger partial charge in [0.2, 0.25) is 0 Å². The van der Waals surface area contributed by atoms with Crippen molar-refractivity contribution < 1.29 is 14.3 Å². The standard InChI is InChI=1S/C16H17NO3/c1-11-4-3-5-12(8-11)16(10-17)7-6-14(18)13(9-16)15(19)20-2/h3-5,8,13H,6-7,9H2,1-2H3/t13-,16+/m1/s1. The third kappa shape index (κ3) is 2.44. The molecule has 0 aliphatic heterocycles. The zero-order valence-electron chi connectivity index (χ0n) is 11.7. The van der Waals surface area contributed by atoms with Crippen molar-refractivity contribution in [2.75, 3.05) is 7.11 Å². The number of methoxy groups -OCH3 is 1. The zero-order valence-corrected chi connectivity index (χ0v) is 11.7. The summed E-state index contributed by atoms with van der Waals surface area (Å²) in [5.41, 5.74) is 1.16. The molecule has 1 fully saturated rings. The molecule has 0 unspecified atom stereocenters. The predicted molar refractivity (Wildman–Crippen MR) is 72.8 cm³/mol. The van der Waals surface area contributed by atoms with E-state index in [-0.39, 0.29) is 18.6 Å². The molecule has 1 aromatic rings. The fourth-order valence-corrected chi connectivity index (χ4v) is 2.80. The van der Waals surface area contributed by atoms with Gasteiger partial charge in [0, 0.05) is 6.42 Å². The van der Waals surface area contributed by atoms with Crippen molar-refractivity contribution in [1.29, 1.82) is 5.26 Å². The van der Waals surface area contributed by atoms with Gasteiger partial charge < -0.3 is 4.74 Å². The molecule has 1 saturated carbocycles. The SMILES string of the molecule is COC(=O)[C@@H]1C[C@@](C#N)(c2cccc(C)c2)CCC1=O. The molecule has 0 bridgehead atoms. The van der Waals surface area contributed by atoms with Crippen molar-refractivity contribution in [3.8, 4) is 6.07 Å². The number of rotatable bonds is 2. The molecular weight excluding hydrogens is 254 g/mol. The molecule has 1 aromatic carbocycles. The van der Waals surface area contributed by atoms with Crippen molar-refractivity contribution in [2.24, 2.45) is 5.92 Å². The molecule has 0 heterocycles. The Kier molecular flexibility index (Phi) is 3.89. The molecule has 1 aliphatic rings. The van der Waals surface area contributed by atoms with Crippen LogP contribution in [0.25, 0.3) is 0 Å². The van der Waals surface area contributed by atoms with Gasteiger partial charge in [-0.3, -0.25) is 9.59 Å². The van der Waals surface area contributed by atoms with Gasteiger partial charge in [-0.05, 0) is 25.3 Å². The zero-order chi connectivity index (χ0) is 14.8. The molecule has 0 saturated heterocycles. The first-order chi connectivity index (χ1) is 9.52. The maximum absolute atomic E-state index is 11.9. The Balaban J connectivity index is 2.39. The Morgan fingerprint density at radius 2 is 2.25 bits per heavy atom. The second kappa shape index (κ2) is 5.46. The summed E-state index contributed by atoms with van der Waals surface area (Å²) >= 11 is 0. The normalized spacial score (nSPS) is 25.9. The van der Waals surface area contributed by atoms with E-state index in [0.29, 0.717) is 6.42 Å². The average molecular weight is 271 g/mol. The van der Waals surface area contributed by atoms with E-state index in [2.05, 4.69) is 10.8 Å². The third-order valence-corrected chi connectivity index (χ3v) is 4.01. The molecule has 4 heteroatoms. The fourth-order valence-electron chi connectivity index (χ4n) is 2.80. The largest absolute Gasteiger partial charge is 0.468 e. The van der Waals surface area contributed by atoms with Gasteiger partial charge in [-0.1, -0.05) is 29.8 Å². The minimum absolute atomic E-state index is 0.129. The van der Waals surface area contributed by atoms with Crippen molar-refractivity contribution in [2.45, 2.75) is 31.6 Å². The molecule has 1 aliphatic carbocycles. The molecule has 0 amide bonds. The number of ether oxygens (including phenoxy) is 1. The van der Waals surface area contributed by atoms with Gasteiger partial charge in [0.25, 0.3) is 0 Å². The summed E-state index contributed by atoms with van der Waals surface area (Å²) in [4.78, 5) is 23.6. The highest BCUT2D eigenvalue weighted by Gasteiger charge is 2.45. The molecule has 4 nitrogen and oxygen atoms in total. The number of esters is 1. The highest BCUT2D eigenvalue weighted by molar-refractivity contribution is 6.00. The van der Waals surface area contributed by atoms with Crippen LogP contribution in [-0.2, 0) is 19.7 Å². The summed E-state index contributed by atoms with van der Waals surface area (Å²) in [6.45, 7) is 1.96. The first-order valence-electron chi connectivity index (χ1n) is 6.61. The molecule has 0 spiro atoms. The number of hydrogen-bond acceptors (Lipinski definition) is 4. The third-order valence-electron chi connectivity index (χ3n) is 4.01. The predicted octanol–water partition coefficient (Wildman–Crippen LogP) is 2.30. The Morgan fingerprint density at radius 1 is 1.50 bits per heavy atom. The monoisotopic (exact) mass is 271 g/mol. The number of hydrogen-bond donors (Lipinski definition) is 0. The smallest absolute Gasteiger partial charge is 0.316 e. The first-order valence-corrected chi connectivity index (χ1v) is 6.61. The topological polar surface area (TPSA) is 67.2 Å². The van der Waals surface area contributed by atoms with Crippen LogP contribution in [-0.4, -0.2) is 18.9 Å². The van der Waals surface area contributed by atoms with E-state index in [1.165, 1.54) is 7.11 Å². The number of benzene rings is 1. The summed E-state index contributed by atoms with van der Waals surface area (Å²) in [6.07, 6.45) is 0.902. The maximum atomic E-state index is 11.9. The second-order valence-electron chi connectivity index (χ2n) is 5.31. The summed E-state index contributed by atoms with van der Waals surface area (Å²) in [7, 11) is 1.27. The highest BCUT2D eigenvalue weighted by atomic mass is 16.5. The second-order valence-corrected chi connectivity index (χ2v) is 5.31. The quantitative estimate of drug-likeness (QED) is 0.611. The Hall–Kier alpha value is -2.15. The summed E-state index contributed by atoms with van der Waals surface area (Å²) in [6, 6.07) is 10.0. The highest BCUT2D eigenvalue weighted by Crippen LogP contribution is 2.40. The van der Waals surface area contributed by atoms with Crippen LogP contribution < -0.4 is 0 Å². The van der Waals surface area contributed by atoms with Gasteiger partial charge in [-0.15, -0.1) is 0 Å². The number of nitrogens with zero attached hydrogens (tertiary/aromatic N) is 1. The Morgan fingerprint density at radius 3 is 2.85 bits per heavy atom. The van der Waals surface area contributed by atoms with E-state index >= 15 is 0 Å². The number of carbonyl (C=O) groups excluding carboxylic acids is 2. The van der Waals surface area contributed by atoms with Crippen molar-refractivity contribution in [3.63, 3.8) is 0 Å². The van der Waals surface area contributed by atoms with Gasteiger partial charge in [0.15, 0.2) is 0 Å². The van der Waals surface area contributed by atoms with Crippen molar-refractivity contribution in [1.82, 2.24) is 0 Å². The van der Waals surface area contributed by atoms with E-state index in [0.717, 1.165) is 11.1 Å². The lowest BCUT2D eigenvalue weighted by molar-refractivity contribution is -0.151. The van der Waals surface area contributed by atoms with E-state index in [9.17, 15) is 14.9 Å². The first kappa shape index (κ1) is 14.3. The molecule has 2 rings (SSSR count). The van der Waals surface area contributed by atoms with E-state index in [4.69, 9.17) is 0 Å². The minimum Gasteiger partial charge on any atom is -0.468 e. The van der Waals surface area contributed by atoms with Crippen LogP contribution in [0.4, 0.5) is 0 Å².